The smallest absolute Gasteiger partial charge is 0.237 e. The molecule has 92 valence electrons. The van der Waals surface area contributed by atoms with Gasteiger partial charge in [-0.25, -0.2) is 4.45 Å². The van der Waals surface area contributed by atoms with Gasteiger partial charge in [0.2, 0.25) is 0 Å². The van der Waals surface area contributed by atoms with Crippen LogP contribution in [0.5, 0.6) is 0 Å². The van der Waals surface area contributed by atoms with Crippen LogP contribution >= 0.6 is 44.3 Å². The topological polar surface area (TPSA) is 17.8 Å². The fourth-order valence-corrected chi connectivity index (χ4v) is 4.04. The highest BCUT2D eigenvalue weighted by atomic mass is 127. The summed E-state index contributed by atoms with van der Waals surface area (Å²) in [7, 11) is 0. The van der Waals surface area contributed by atoms with Crippen molar-refractivity contribution in [3.05, 3.63) is 27.9 Å². The van der Waals surface area contributed by atoms with E-state index in [0.717, 1.165) is 5.52 Å². The van der Waals surface area contributed by atoms with Crippen molar-refractivity contribution in [1.82, 2.24) is 9.55 Å². The highest BCUT2D eigenvalue weighted by Gasteiger charge is 2.36. The van der Waals surface area contributed by atoms with Gasteiger partial charge in [-0.3, -0.25) is 0 Å². The van der Waals surface area contributed by atoms with Crippen molar-refractivity contribution >= 4 is 55.2 Å². The third kappa shape index (κ3) is 2.33. The van der Waals surface area contributed by atoms with Crippen molar-refractivity contribution in [2.75, 3.05) is 0 Å². The lowest BCUT2D eigenvalue weighted by molar-refractivity contribution is -0.138. The van der Waals surface area contributed by atoms with Crippen LogP contribution in [-0.4, -0.2) is 9.55 Å². The van der Waals surface area contributed by atoms with E-state index in [9.17, 15) is 13.2 Å². The Morgan fingerprint density at radius 2 is 2.12 bits per heavy atom. The zero-order valence-corrected chi connectivity index (χ0v) is 13.2. The van der Waals surface area contributed by atoms with E-state index in [2.05, 4.69) is 43.1 Å². The molecule has 2 nitrogen and oxygen atoms in total. The van der Waals surface area contributed by atoms with Crippen molar-refractivity contribution in [3.8, 4) is 0 Å². The molecule has 0 bridgehead atoms. The first kappa shape index (κ1) is 13.5. The quantitative estimate of drug-likeness (QED) is 0.458. The van der Waals surface area contributed by atoms with Gasteiger partial charge < -0.3 is 0 Å². The first-order valence-electron chi connectivity index (χ1n) is 4.47. The van der Waals surface area contributed by atoms with Gasteiger partial charge in [0.25, 0.3) is 0 Å². The molecule has 0 aliphatic heterocycles. The average molecular weight is 437 g/mol. The lowest BCUT2D eigenvalue weighted by Crippen LogP contribution is -2.08. The maximum atomic E-state index is 12.9. The van der Waals surface area contributed by atoms with Crippen molar-refractivity contribution in [2.24, 2.45) is 0 Å². The Hall–Kier alpha value is 0.120. The van der Waals surface area contributed by atoms with Crippen LogP contribution in [0, 0.1) is 6.92 Å². The fraction of sp³-hybridized carbons (Fsp3) is 0.222. The minimum absolute atomic E-state index is 0.0703. The molecule has 0 radical (unpaired) electrons. The minimum Gasteiger partial charge on any atom is -0.237 e. The maximum absolute atomic E-state index is 12.9. The van der Waals surface area contributed by atoms with Gasteiger partial charge in [0.05, 0.1) is 23.7 Å². The lowest BCUT2D eigenvalue weighted by atomic mass is 10.1. The van der Waals surface area contributed by atoms with E-state index in [1.807, 2.05) is 0 Å². The predicted molar refractivity (Wildman–Crippen MR) is 74.9 cm³/mol. The summed E-state index contributed by atoms with van der Waals surface area (Å²) in [6.45, 7) is 1.46. The van der Waals surface area contributed by atoms with Gasteiger partial charge in [0.1, 0.15) is 0 Å². The lowest BCUT2D eigenvalue weighted by Gasteiger charge is -2.13. The Morgan fingerprint density at radius 1 is 1.47 bits per heavy atom. The van der Waals surface area contributed by atoms with E-state index in [-0.39, 0.29) is 10.0 Å². The molecule has 0 amide bonds. The molecular formula is C9H6BrF3IN2P. The summed E-state index contributed by atoms with van der Waals surface area (Å²) < 4.78 is 40.4. The highest BCUT2D eigenvalue weighted by Crippen LogP contribution is 2.42. The SMILES string of the molecule is Cc1cc2c(cnn2PI)c(Br)c1C(F)(F)F. The molecular weight excluding hydrogens is 431 g/mol. The number of hydrogen-bond acceptors (Lipinski definition) is 1. The van der Waals surface area contributed by atoms with E-state index in [0.29, 0.717) is 11.8 Å². The molecule has 2 aromatic rings. The van der Waals surface area contributed by atoms with Crippen LogP contribution < -0.4 is 0 Å². The molecule has 1 aromatic heterocycles. The number of nitrogens with zero attached hydrogens (tertiary/aromatic N) is 2. The number of benzene rings is 1. The Bertz CT molecular complexity index is 582. The van der Waals surface area contributed by atoms with Crippen LogP contribution in [0.2, 0.25) is 0 Å². The summed E-state index contributed by atoms with van der Waals surface area (Å²) in [5, 5.41) is 4.56. The molecule has 17 heavy (non-hydrogen) atoms. The molecule has 1 unspecified atom stereocenters. The van der Waals surface area contributed by atoms with Gasteiger partial charge >= 0.3 is 6.18 Å². The molecule has 2 rings (SSSR count). The summed E-state index contributed by atoms with van der Waals surface area (Å²) >= 11 is 5.18. The fourth-order valence-electron chi connectivity index (χ4n) is 1.67. The second-order valence-electron chi connectivity index (χ2n) is 3.45. The van der Waals surface area contributed by atoms with Gasteiger partial charge in [-0.15, -0.1) is 0 Å². The van der Waals surface area contributed by atoms with Crippen LogP contribution in [0.3, 0.4) is 0 Å². The summed E-state index contributed by atoms with van der Waals surface area (Å²) in [6.07, 6.45) is -2.54. The van der Waals surface area contributed by atoms with Gasteiger partial charge in [0.15, 0.2) is 0 Å². The number of aromatic nitrogens is 2. The molecule has 0 N–H and O–H groups in total. The zero-order valence-electron chi connectivity index (χ0n) is 8.44. The summed E-state index contributed by atoms with van der Waals surface area (Å²) in [4.78, 5) is 0. The first-order chi connectivity index (χ1) is 7.86. The third-order valence-electron chi connectivity index (χ3n) is 2.37. The van der Waals surface area contributed by atoms with E-state index in [4.69, 9.17) is 0 Å². The van der Waals surface area contributed by atoms with Gasteiger partial charge in [-0.2, -0.15) is 18.3 Å². The van der Waals surface area contributed by atoms with E-state index < -0.39 is 11.7 Å². The monoisotopic (exact) mass is 436 g/mol. The Morgan fingerprint density at radius 3 is 2.65 bits per heavy atom. The van der Waals surface area contributed by atoms with Crippen LogP contribution in [-0.2, 0) is 6.18 Å². The average Bonchev–Trinajstić information content (AvgIpc) is 2.58. The highest BCUT2D eigenvalue weighted by molar-refractivity contribution is 14.2. The molecule has 1 aromatic carbocycles. The second-order valence-corrected chi connectivity index (χ2v) is 6.29. The summed E-state index contributed by atoms with van der Waals surface area (Å²) in [5.41, 5.74) is 0.296. The molecule has 0 saturated heterocycles. The van der Waals surface area contributed by atoms with E-state index in [1.165, 1.54) is 19.2 Å². The van der Waals surface area contributed by atoms with Crippen LogP contribution in [0.25, 0.3) is 10.9 Å². The number of fused-ring (bicyclic) bond motifs is 1. The third-order valence-corrected chi connectivity index (χ3v) is 5.08. The molecule has 0 spiro atoms. The molecule has 1 atom stereocenters. The standard InChI is InChI=1S/C9H6BrF3IN2P/c1-4-2-6-5(3-15-16(6)17-14)8(10)7(4)9(11,12)13/h2-3,17H,1H3. The van der Waals surface area contributed by atoms with Gasteiger partial charge in [0, 0.05) is 9.86 Å². The molecule has 1 heterocycles. The Kier molecular flexibility index (Phi) is 3.71. The number of halogens is 5. The number of alkyl halides is 3. The Balaban J connectivity index is 2.82. The first-order valence-corrected chi connectivity index (χ1v) is 9.32. The van der Waals surface area contributed by atoms with Crippen molar-refractivity contribution in [3.63, 3.8) is 0 Å². The second kappa shape index (κ2) is 4.66. The minimum atomic E-state index is -4.36. The van der Waals surface area contributed by atoms with Crippen LogP contribution in [0.15, 0.2) is 16.7 Å². The van der Waals surface area contributed by atoms with E-state index in [1.54, 1.807) is 4.45 Å². The molecule has 0 saturated carbocycles. The summed E-state index contributed by atoms with van der Waals surface area (Å²) in [5.74, 6) is 0. The molecule has 8 heteroatoms. The molecule has 0 fully saturated rings. The number of hydrogen-bond donors (Lipinski definition) is 0. The predicted octanol–water partition coefficient (Wildman–Crippen LogP) is 4.92. The normalized spacial score (nSPS) is 13.1. The van der Waals surface area contributed by atoms with E-state index >= 15 is 0 Å². The van der Waals surface area contributed by atoms with Crippen molar-refractivity contribution in [2.45, 2.75) is 13.1 Å². The number of rotatable bonds is 1. The van der Waals surface area contributed by atoms with Gasteiger partial charge in [-0.1, -0.05) is 0 Å². The molecule has 0 aliphatic rings. The van der Waals surface area contributed by atoms with Crippen molar-refractivity contribution in [1.29, 1.82) is 0 Å². The Labute approximate surface area is 118 Å². The van der Waals surface area contributed by atoms with Gasteiger partial charge in [-0.05, 0) is 56.5 Å². The maximum Gasteiger partial charge on any atom is 0.417 e. The van der Waals surface area contributed by atoms with Crippen LogP contribution in [0.1, 0.15) is 11.1 Å². The molecule has 0 aliphatic carbocycles. The number of aryl methyl sites for hydroxylation is 1. The van der Waals surface area contributed by atoms with Crippen LogP contribution in [0.4, 0.5) is 13.2 Å². The summed E-state index contributed by atoms with van der Waals surface area (Å²) in [6, 6.07) is 1.53. The van der Waals surface area contributed by atoms with Crippen molar-refractivity contribution < 1.29 is 13.2 Å². The zero-order chi connectivity index (χ0) is 12.8. The largest absolute Gasteiger partial charge is 0.417 e.